The van der Waals surface area contributed by atoms with E-state index < -0.39 is 0 Å². The molecule has 0 bridgehead atoms. The summed E-state index contributed by atoms with van der Waals surface area (Å²) in [7, 11) is 0. The Morgan fingerprint density at radius 1 is 0.394 bits per heavy atom. The normalized spacial score (nSPS) is 15.8. The molecule has 1 rings (SSSR count). The fourth-order valence-corrected chi connectivity index (χ4v) is 5.39. The number of hydrogen-bond donors (Lipinski definition) is 0. The van der Waals surface area contributed by atoms with E-state index in [9.17, 15) is 0 Å². The van der Waals surface area contributed by atoms with Gasteiger partial charge in [0.1, 0.15) is 6.17 Å². The van der Waals surface area contributed by atoms with Crippen LogP contribution in [0.4, 0.5) is 0 Å². The zero-order valence-electron chi connectivity index (χ0n) is 23.3. The summed E-state index contributed by atoms with van der Waals surface area (Å²) in [6.07, 6.45) is 38.2. The van der Waals surface area contributed by atoms with Crippen molar-refractivity contribution < 1.29 is 0 Å². The zero-order valence-corrected chi connectivity index (χ0v) is 23.3. The van der Waals surface area contributed by atoms with Crippen LogP contribution in [0.5, 0.6) is 0 Å². The van der Waals surface area contributed by atoms with Crippen LogP contribution in [-0.2, 0) is 0 Å². The SMILES string of the molecule is CCCCCCCCCCCCCCCCCCN1C=CN(CCCCCCCC)C1CC. The molecule has 0 N–H and O–H groups in total. The first-order valence-electron chi connectivity index (χ1n) is 15.5. The Bertz CT molecular complexity index is 419. The fraction of sp³-hybridized carbons (Fsp3) is 0.935. The van der Waals surface area contributed by atoms with Crippen molar-refractivity contribution in [3.63, 3.8) is 0 Å². The first-order valence-corrected chi connectivity index (χ1v) is 15.5. The zero-order chi connectivity index (χ0) is 23.8. The number of unbranched alkanes of at least 4 members (excludes halogenated alkanes) is 20. The molecule has 2 heteroatoms. The van der Waals surface area contributed by atoms with Crippen molar-refractivity contribution in [1.29, 1.82) is 0 Å². The summed E-state index contributed by atoms with van der Waals surface area (Å²) in [6, 6.07) is 0. The van der Waals surface area contributed by atoms with E-state index in [-0.39, 0.29) is 0 Å². The van der Waals surface area contributed by atoms with E-state index in [1.165, 1.54) is 161 Å². The lowest BCUT2D eigenvalue weighted by Gasteiger charge is -2.32. The molecule has 1 aliphatic rings. The van der Waals surface area contributed by atoms with Gasteiger partial charge in [-0.05, 0) is 19.3 Å². The molecule has 1 heterocycles. The largest absolute Gasteiger partial charge is 0.356 e. The van der Waals surface area contributed by atoms with Gasteiger partial charge in [-0.1, -0.05) is 149 Å². The van der Waals surface area contributed by atoms with Gasteiger partial charge >= 0.3 is 0 Å². The van der Waals surface area contributed by atoms with Crippen molar-refractivity contribution in [2.75, 3.05) is 13.1 Å². The quantitative estimate of drug-likeness (QED) is 0.124. The molecule has 0 aliphatic carbocycles. The Morgan fingerprint density at radius 2 is 0.667 bits per heavy atom. The molecule has 0 fully saturated rings. The Kier molecular flexibility index (Phi) is 21.3. The molecule has 2 nitrogen and oxygen atoms in total. The topological polar surface area (TPSA) is 6.48 Å². The predicted molar refractivity (Wildman–Crippen MR) is 150 cm³/mol. The molecule has 1 unspecified atom stereocenters. The standard InChI is InChI=1S/C31H62N2/c1-4-7-9-11-13-14-15-16-17-18-19-20-21-22-24-26-28-33-30-29-32(31(33)6-3)27-25-23-12-10-8-5-2/h29-31H,4-28H2,1-3H3. The van der Waals surface area contributed by atoms with Gasteiger partial charge in [0.15, 0.2) is 0 Å². The van der Waals surface area contributed by atoms with Crippen LogP contribution in [0.1, 0.15) is 168 Å². The average Bonchev–Trinajstić information content (AvgIpc) is 3.22. The number of hydrogen-bond acceptors (Lipinski definition) is 2. The van der Waals surface area contributed by atoms with Crippen LogP contribution in [0.3, 0.4) is 0 Å². The minimum atomic E-state index is 0.622. The molecular formula is C31H62N2. The van der Waals surface area contributed by atoms with Crippen molar-refractivity contribution in [2.45, 2.75) is 175 Å². The summed E-state index contributed by atoms with van der Waals surface area (Å²) in [5, 5.41) is 0. The number of rotatable bonds is 25. The average molecular weight is 463 g/mol. The highest BCUT2D eigenvalue weighted by Gasteiger charge is 2.23. The molecule has 196 valence electrons. The van der Waals surface area contributed by atoms with Crippen LogP contribution in [0.15, 0.2) is 12.4 Å². The van der Waals surface area contributed by atoms with Crippen LogP contribution in [-0.4, -0.2) is 29.1 Å². The Hall–Kier alpha value is -0.660. The van der Waals surface area contributed by atoms with Gasteiger partial charge in [-0.25, -0.2) is 0 Å². The summed E-state index contributed by atoms with van der Waals surface area (Å²) in [4.78, 5) is 5.22. The van der Waals surface area contributed by atoms with Crippen LogP contribution < -0.4 is 0 Å². The molecule has 0 saturated heterocycles. The van der Waals surface area contributed by atoms with Gasteiger partial charge in [0.2, 0.25) is 0 Å². The van der Waals surface area contributed by atoms with Crippen molar-refractivity contribution in [3.05, 3.63) is 12.4 Å². The Morgan fingerprint density at radius 3 is 0.939 bits per heavy atom. The molecule has 0 radical (unpaired) electrons. The molecular weight excluding hydrogens is 400 g/mol. The van der Waals surface area contributed by atoms with E-state index in [1.807, 2.05) is 0 Å². The molecule has 1 aliphatic heterocycles. The molecule has 0 spiro atoms. The molecule has 0 aromatic heterocycles. The van der Waals surface area contributed by atoms with Crippen LogP contribution in [0.25, 0.3) is 0 Å². The van der Waals surface area contributed by atoms with Gasteiger partial charge in [0.05, 0.1) is 0 Å². The third-order valence-electron chi connectivity index (χ3n) is 7.62. The summed E-state index contributed by atoms with van der Waals surface area (Å²) < 4.78 is 0. The van der Waals surface area contributed by atoms with Crippen molar-refractivity contribution in [3.8, 4) is 0 Å². The minimum absolute atomic E-state index is 0.622. The van der Waals surface area contributed by atoms with Gasteiger partial charge in [-0.2, -0.15) is 0 Å². The van der Waals surface area contributed by atoms with Gasteiger partial charge in [-0.3, -0.25) is 0 Å². The van der Waals surface area contributed by atoms with Crippen molar-refractivity contribution in [1.82, 2.24) is 9.80 Å². The second-order valence-electron chi connectivity index (χ2n) is 10.7. The summed E-state index contributed by atoms with van der Waals surface area (Å²) in [5.74, 6) is 0. The van der Waals surface area contributed by atoms with Gasteiger partial charge in [0.25, 0.3) is 0 Å². The molecule has 33 heavy (non-hydrogen) atoms. The van der Waals surface area contributed by atoms with E-state index in [4.69, 9.17) is 0 Å². The lowest BCUT2D eigenvalue weighted by atomic mass is 10.0. The van der Waals surface area contributed by atoms with Crippen LogP contribution in [0.2, 0.25) is 0 Å². The molecule has 1 atom stereocenters. The monoisotopic (exact) mass is 462 g/mol. The second kappa shape index (κ2) is 23.1. The highest BCUT2D eigenvalue weighted by Crippen LogP contribution is 2.21. The van der Waals surface area contributed by atoms with Crippen LogP contribution >= 0.6 is 0 Å². The van der Waals surface area contributed by atoms with Crippen LogP contribution in [0, 0.1) is 0 Å². The minimum Gasteiger partial charge on any atom is -0.356 e. The lowest BCUT2D eigenvalue weighted by Crippen LogP contribution is -2.38. The third-order valence-corrected chi connectivity index (χ3v) is 7.62. The fourth-order valence-electron chi connectivity index (χ4n) is 5.39. The second-order valence-corrected chi connectivity index (χ2v) is 10.7. The van der Waals surface area contributed by atoms with Crippen molar-refractivity contribution in [2.24, 2.45) is 0 Å². The van der Waals surface area contributed by atoms with Gasteiger partial charge in [0, 0.05) is 25.5 Å². The first kappa shape index (κ1) is 30.4. The maximum atomic E-state index is 2.61. The van der Waals surface area contributed by atoms with E-state index in [0.29, 0.717) is 6.17 Å². The lowest BCUT2D eigenvalue weighted by molar-refractivity contribution is 0.144. The smallest absolute Gasteiger partial charge is 0.100 e. The molecule has 0 amide bonds. The summed E-state index contributed by atoms with van der Waals surface area (Å²) >= 11 is 0. The van der Waals surface area contributed by atoms with E-state index >= 15 is 0 Å². The van der Waals surface area contributed by atoms with Crippen molar-refractivity contribution >= 4 is 0 Å². The maximum Gasteiger partial charge on any atom is 0.100 e. The number of nitrogens with zero attached hydrogens (tertiary/aromatic N) is 2. The highest BCUT2D eigenvalue weighted by molar-refractivity contribution is 4.96. The highest BCUT2D eigenvalue weighted by atomic mass is 15.4. The van der Waals surface area contributed by atoms with E-state index in [1.54, 1.807) is 0 Å². The predicted octanol–water partition coefficient (Wildman–Crippen LogP) is 10.4. The maximum absolute atomic E-state index is 2.61. The Balaban J connectivity index is 1.88. The summed E-state index contributed by atoms with van der Waals surface area (Å²) in [5.41, 5.74) is 0. The molecule has 0 aromatic rings. The first-order chi connectivity index (χ1) is 16.3. The van der Waals surface area contributed by atoms with Gasteiger partial charge < -0.3 is 9.80 Å². The molecule has 0 aromatic carbocycles. The third kappa shape index (κ3) is 16.6. The molecule has 0 saturated carbocycles. The Labute approximate surface area is 210 Å². The van der Waals surface area contributed by atoms with E-state index in [2.05, 4.69) is 43.0 Å². The van der Waals surface area contributed by atoms with E-state index in [0.717, 1.165) is 0 Å². The summed E-state index contributed by atoms with van der Waals surface area (Å²) in [6.45, 7) is 9.46. The van der Waals surface area contributed by atoms with Gasteiger partial charge in [-0.15, -0.1) is 0 Å².